The third kappa shape index (κ3) is 4.05. The summed E-state index contributed by atoms with van der Waals surface area (Å²) in [5.74, 6) is 0.753. The SMILES string of the molecule is COCCN(C(=O)c1ccccc1CCN)C(C)C1CC1. The molecule has 0 saturated heterocycles. The van der Waals surface area contributed by atoms with Crippen molar-refractivity contribution in [3.05, 3.63) is 35.4 Å². The van der Waals surface area contributed by atoms with Crippen LogP contribution >= 0.6 is 0 Å². The lowest BCUT2D eigenvalue weighted by Gasteiger charge is -2.30. The molecule has 2 N–H and O–H groups in total. The molecule has 0 aromatic heterocycles. The van der Waals surface area contributed by atoms with Crippen LogP contribution in [0.1, 0.15) is 35.7 Å². The summed E-state index contributed by atoms with van der Waals surface area (Å²) < 4.78 is 5.17. The number of methoxy groups -OCH3 is 1. The molecule has 1 amide bonds. The van der Waals surface area contributed by atoms with Crippen LogP contribution in [0.4, 0.5) is 0 Å². The van der Waals surface area contributed by atoms with Gasteiger partial charge in [-0.1, -0.05) is 18.2 Å². The molecular weight excluding hydrogens is 264 g/mol. The summed E-state index contributed by atoms with van der Waals surface area (Å²) in [5.41, 5.74) is 7.48. The molecule has 116 valence electrons. The quantitative estimate of drug-likeness (QED) is 0.797. The molecule has 0 heterocycles. The lowest BCUT2D eigenvalue weighted by Crippen LogP contribution is -2.42. The molecule has 1 aliphatic carbocycles. The fraction of sp³-hybridized carbons (Fsp3) is 0.588. The summed E-state index contributed by atoms with van der Waals surface area (Å²) in [6, 6.07) is 8.07. The summed E-state index contributed by atoms with van der Waals surface area (Å²) in [7, 11) is 1.67. The van der Waals surface area contributed by atoms with E-state index < -0.39 is 0 Å². The first-order valence-electron chi connectivity index (χ1n) is 7.77. The highest BCUT2D eigenvalue weighted by Gasteiger charge is 2.34. The second kappa shape index (κ2) is 7.57. The van der Waals surface area contributed by atoms with E-state index in [4.69, 9.17) is 10.5 Å². The molecule has 1 saturated carbocycles. The van der Waals surface area contributed by atoms with Gasteiger partial charge in [0.25, 0.3) is 5.91 Å². The Balaban J connectivity index is 2.20. The number of ether oxygens (including phenoxy) is 1. The Labute approximate surface area is 127 Å². The minimum atomic E-state index is 0.107. The maximum Gasteiger partial charge on any atom is 0.254 e. The topological polar surface area (TPSA) is 55.6 Å². The van der Waals surface area contributed by atoms with Gasteiger partial charge in [0.05, 0.1) is 6.61 Å². The average molecular weight is 290 g/mol. The van der Waals surface area contributed by atoms with Gasteiger partial charge in [-0.25, -0.2) is 0 Å². The lowest BCUT2D eigenvalue weighted by atomic mass is 10.0. The van der Waals surface area contributed by atoms with Gasteiger partial charge in [0.2, 0.25) is 0 Å². The van der Waals surface area contributed by atoms with E-state index in [0.717, 1.165) is 17.5 Å². The van der Waals surface area contributed by atoms with Crippen molar-refractivity contribution in [2.75, 3.05) is 26.8 Å². The Morgan fingerprint density at radius 2 is 2.14 bits per heavy atom. The monoisotopic (exact) mass is 290 g/mol. The minimum Gasteiger partial charge on any atom is -0.383 e. The van der Waals surface area contributed by atoms with Gasteiger partial charge in [-0.2, -0.15) is 0 Å². The van der Waals surface area contributed by atoms with Crippen molar-refractivity contribution in [1.82, 2.24) is 4.90 Å². The smallest absolute Gasteiger partial charge is 0.254 e. The van der Waals surface area contributed by atoms with Gasteiger partial charge in [-0.15, -0.1) is 0 Å². The zero-order valence-corrected chi connectivity index (χ0v) is 13.0. The second-order valence-corrected chi connectivity index (χ2v) is 5.77. The number of hydrogen-bond donors (Lipinski definition) is 1. The van der Waals surface area contributed by atoms with Crippen LogP contribution in [0.5, 0.6) is 0 Å². The molecule has 0 bridgehead atoms. The highest BCUT2D eigenvalue weighted by molar-refractivity contribution is 5.96. The molecule has 0 radical (unpaired) electrons. The Bertz CT molecular complexity index is 472. The summed E-state index contributed by atoms with van der Waals surface area (Å²) in [4.78, 5) is 14.9. The van der Waals surface area contributed by atoms with Crippen LogP contribution in [0, 0.1) is 5.92 Å². The van der Waals surface area contributed by atoms with Crippen molar-refractivity contribution in [1.29, 1.82) is 0 Å². The summed E-state index contributed by atoms with van der Waals surface area (Å²) >= 11 is 0. The number of carbonyl (C=O) groups excluding carboxylic acids is 1. The summed E-state index contributed by atoms with van der Waals surface area (Å²) in [6.45, 7) is 3.92. The molecule has 4 heteroatoms. The average Bonchev–Trinajstić information content (AvgIpc) is 3.33. The summed E-state index contributed by atoms with van der Waals surface area (Å²) in [5, 5.41) is 0. The van der Waals surface area contributed by atoms with Crippen LogP contribution in [0.25, 0.3) is 0 Å². The molecular formula is C17H26N2O2. The van der Waals surface area contributed by atoms with Gasteiger partial charge in [0.1, 0.15) is 0 Å². The number of nitrogens with two attached hydrogens (primary N) is 1. The lowest BCUT2D eigenvalue weighted by molar-refractivity contribution is 0.0593. The number of amides is 1. The largest absolute Gasteiger partial charge is 0.383 e. The van der Waals surface area contributed by atoms with Crippen LogP contribution in [0.15, 0.2) is 24.3 Å². The first-order chi connectivity index (χ1) is 10.2. The third-order valence-electron chi connectivity index (χ3n) is 4.25. The molecule has 2 rings (SSSR count). The van der Waals surface area contributed by atoms with Crippen LogP contribution in [0.3, 0.4) is 0 Å². The van der Waals surface area contributed by atoms with Gasteiger partial charge in [0, 0.05) is 25.3 Å². The number of nitrogens with zero attached hydrogens (tertiary/aromatic N) is 1. The number of benzene rings is 1. The van der Waals surface area contributed by atoms with E-state index in [9.17, 15) is 4.79 Å². The number of hydrogen-bond acceptors (Lipinski definition) is 3. The van der Waals surface area contributed by atoms with E-state index >= 15 is 0 Å². The van der Waals surface area contributed by atoms with E-state index in [-0.39, 0.29) is 11.9 Å². The molecule has 1 aliphatic rings. The predicted octanol–water partition coefficient (Wildman–Crippen LogP) is 2.07. The highest BCUT2D eigenvalue weighted by atomic mass is 16.5. The Morgan fingerprint density at radius 1 is 1.43 bits per heavy atom. The zero-order chi connectivity index (χ0) is 15.2. The first kappa shape index (κ1) is 16.0. The fourth-order valence-electron chi connectivity index (χ4n) is 2.77. The van der Waals surface area contributed by atoms with Crippen molar-refractivity contribution < 1.29 is 9.53 Å². The van der Waals surface area contributed by atoms with Crippen LogP contribution in [0.2, 0.25) is 0 Å². The maximum absolute atomic E-state index is 12.9. The van der Waals surface area contributed by atoms with E-state index in [1.807, 2.05) is 29.2 Å². The van der Waals surface area contributed by atoms with Crippen molar-refractivity contribution in [3.63, 3.8) is 0 Å². The highest BCUT2D eigenvalue weighted by Crippen LogP contribution is 2.35. The fourth-order valence-corrected chi connectivity index (χ4v) is 2.77. The Kier molecular flexibility index (Phi) is 5.76. The molecule has 0 spiro atoms. The molecule has 1 aromatic rings. The Morgan fingerprint density at radius 3 is 2.76 bits per heavy atom. The molecule has 1 unspecified atom stereocenters. The van der Waals surface area contributed by atoms with E-state index in [2.05, 4.69) is 6.92 Å². The zero-order valence-electron chi connectivity index (χ0n) is 13.0. The molecule has 1 aromatic carbocycles. The first-order valence-corrected chi connectivity index (χ1v) is 7.77. The second-order valence-electron chi connectivity index (χ2n) is 5.77. The molecule has 1 fully saturated rings. The van der Waals surface area contributed by atoms with Crippen molar-refractivity contribution in [2.45, 2.75) is 32.2 Å². The Hall–Kier alpha value is -1.39. The summed E-state index contributed by atoms with van der Waals surface area (Å²) in [6.07, 6.45) is 3.18. The van der Waals surface area contributed by atoms with Gasteiger partial charge in [0.15, 0.2) is 0 Å². The van der Waals surface area contributed by atoms with Crippen molar-refractivity contribution in [3.8, 4) is 0 Å². The molecule has 1 atom stereocenters. The normalized spacial score (nSPS) is 15.8. The van der Waals surface area contributed by atoms with Gasteiger partial charge in [-0.05, 0) is 50.3 Å². The molecule has 0 aliphatic heterocycles. The number of carbonyl (C=O) groups is 1. The van der Waals surface area contributed by atoms with Crippen LogP contribution < -0.4 is 5.73 Å². The van der Waals surface area contributed by atoms with Gasteiger partial charge in [-0.3, -0.25) is 4.79 Å². The van der Waals surface area contributed by atoms with E-state index in [1.54, 1.807) is 7.11 Å². The van der Waals surface area contributed by atoms with Crippen molar-refractivity contribution >= 4 is 5.91 Å². The van der Waals surface area contributed by atoms with Crippen LogP contribution in [-0.4, -0.2) is 43.7 Å². The predicted molar refractivity (Wildman–Crippen MR) is 84.3 cm³/mol. The van der Waals surface area contributed by atoms with Gasteiger partial charge < -0.3 is 15.4 Å². The van der Waals surface area contributed by atoms with Crippen molar-refractivity contribution in [2.24, 2.45) is 11.7 Å². The minimum absolute atomic E-state index is 0.107. The van der Waals surface area contributed by atoms with Crippen LogP contribution in [-0.2, 0) is 11.2 Å². The standard InChI is InChI=1S/C17H26N2O2/c1-13(14-7-8-14)19(11-12-21-2)17(20)16-6-4-3-5-15(16)9-10-18/h3-6,13-14H,7-12,18H2,1-2H3. The maximum atomic E-state index is 12.9. The van der Waals surface area contributed by atoms with Gasteiger partial charge >= 0.3 is 0 Å². The number of rotatable bonds is 8. The molecule has 21 heavy (non-hydrogen) atoms. The molecule has 4 nitrogen and oxygen atoms in total. The van der Waals surface area contributed by atoms with E-state index in [0.29, 0.717) is 25.6 Å². The third-order valence-corrected chi connectivity index (χ3v) is 4.25. The van der Waals surface area contributed by atoms with E-state index in [1.165, 1.54) is 12.8 Å².